The second kappa shape index (κ2) is 6.03. The standard InChI is InChI=1S/C16H20FN3O2S/c1-18(2)15(22)19-9-7-16(8-10-19)20(14(21)11-23-16)13-5-3-12(17)4-6-13/h3-6H,7-11H2,1-2H3. The number of anilines is 1. The van der Waals surface area contributed by atoms with Gasteiger partial charge in [-0.1, -0.05) is 0 Å². The van der Waals surface area contributed by atoms with Gasteiger partial charge < -0.3 is 9.80 Å². The normalized spacial score (nSPS) is 20.2. The van der Waals surface area contributed by atoms with E-state index in [0.717, 1.165) is 18.5 Å². The van der Waals surface area contributed by atoms with Crippen molar-refractivity contribution in [3.05, 3.63) is 30.1 Å². The maximum absolute atomic E-state index is 13.2. The first kappa shape index (κ1) is 16.1. The predicted octanol–water partition coefficient (Wildman–Crippen LogP) is 2.38. The fourth-order valence-electron chi connectivity index (χ4n) is 3.22. The van der Waals surface area contributed by atoms with E-state index in [-0.39, 0.29) is 22.6 Å². The van der Waals surface area contributed by atoms with E-state index in [0.29, 0.717) is 18.8 Å². The summed E-state index contributed by atoms with van der Waals surface area (Å²) in [5.41, 5.74) is 0.730. The predicted molar refractivity (Wildman–Crippen MR) is 89.0 cm³/mol. The number of carbonyl (C=O) groups excluding carboxylic acids is 2. The molecule has 2 aliphatic heterocycles. The first-order chi connectivity index (χ1) is 10.9. The summed E-state index contributed by atoms with van der Waals surface area (Å²) < 4.78 is 13.2. The average molecular weight is 337 g/mol. The van der Waals surface area contributed by atoms with Gasteiger partial charge in [0.1, 0.15) is 5.82 Å². The highest BCUT2D eigenvalue weighted by Gasteiger charge is 2.49. The van der Waals surface area contributed by atoms with Gasteiger partial charge in [0.2, 0.25) is 5.91 Å². The zero-order valence-electron chi connectivity index (χ0n) is 13.3. The molecule has 1 spiro atoms. The fraction of sp³-hybridized carbons (Fsp3) is 0.500. The van der Waals surface area contributed by atoms with Gasteiger partial charge in [-0.3, -0.25) is 9.69 Å². The molecule has 2 saturated heterocycles. The molecule has 1 aromatic carbocycles. The molecule has 3 amide bonds. The zero-order chi connectivity index (χ0) is 16.6. The molecule has 2 heterocycles. The minimum atomic E-state index is -0.321. The highest BCUT2D eigenvalue weighted by atomic mass is 32.2. The van der Waals surface area contributed by atoms with Gasteiger partial charge in [0.05, 0.1) is 10.6 Å². The van der Waals surface area contributed by atoms with Crippen molar-refractivity contribution in [2.75, 3.05) is 37.8 Å². The van der Waals surface area contributed by atoms with Crippen LogP contribution in [0.2, 0.25) is 0 Å². The second-order valence-electron chi connectivity index (χ2n) is 6.10. The van der Waals surface area contributed by atoms with Crippen LogP contribution in [0.3, 0.4) is 0 Å². The van der Waals surface area contributed by atoms with Gasteiger partial charge >= 0.3 is 6.03 Å². The molecule has 124 valence electrons. The summed E-state index contributed by atoms with van der Waals surface area (Å²) in [6, 6.07) is 6.06. The Hall–Kier alpha value is -1.76. The van der Waals surface area contributed by atoms with Crippen LogP contribution in [0.15, 0.2) is 24.3 Å². The summed E-state index contributed by atoms with van der Waals surface area (Å²) >= 11 is 1.63. The third kappa shape index (κ3) is 2.89. The lowest BCUT2D eigenvalue weighted by Crippen LogP contribution is -2.54. The van der Waals surface area contributed by atoms with E-state index >= 15 is 0 Å². The van der Waals surface area contributed by atoms with E-state index in [1.807, 2.05) is 4.90 Å². The van der Waals surface area contributed by atoms with Gasteiger partial charge in [-0.25, -0.2) is 9.18 Å². The minimum absolute atomic E-state index is 0.00232. The molecule has 1 aromatic rings. The van der Waals surface area contributed by atoms with Crippen molar-refractivity contribution in [2.24, 2.45) is 0 Å². The Morgan fingerprint density at radius 3 is 2.39 bits per heavy atom. The molecule has 0 aromatic heterocycles. The third-order valence-electron chi connectivity index (χ3n) is 4.40. The van der Waals surface area contributed by atoms with Gasteiger partial charge in [0, 0.05) is 32.9 Å². The largest absolute Gasteiger partial charge is 0.331 e. The van der Waals surface area contributed by atoms with Crippen molar-refractivity contribution in [3.63, 3.8) is 0 Å². The molecule has 5 nitrogen and oxygen atoms in total. The van der Waals surface area contributed by atoms with E-state index in [9.17, 15) is 14.0 Å². The van der Waals surface area contributed by atoms with Crippen molar-refractivity contribution in [1.29, 1.82) is 0 Å². The summed E-state index contributed by atoms with van der Waals surface area (Å²) in [6.45, 7) is 1.24. The highest BCUT2D eigenvalue weighted by Crippen LogP contribution is 2.46. The molecule has 2 fully saturated rings. The molecule has 23 heavy (non-hydrogen) atoms. The Morgan fingerprint density at radius 2 is 1.83 bits per heavy atom. The molecule has 7 heteroatoms. The number of benzene rings is 1. The number of carbonyl (C=O) groups is 2. The number of piperidine rings is 1. The van der Waals surface area contributed by atoms with E-state index in [1.165, 1.54) is 12.1 Å². The monoisotopic (exact) mass is 337 g/mol. The van der Waals surface area contributed by atoms with Crippen molar-refractivity contribution in [3.8, 4) is 0 Å². The van der Waals surface area contributed by atoms with E-state index in [1.54, 1.807) is 47.8 Å². The van der Waals surface area contributed by atoms with Crippen LogP contribution in [0.25, 0.3) is 0 Å². The molecule has 3 rings (SSSR count). The minimum Gasteiger partial charge on any atom is -0.331 e. The van der Waals surface area contributed by atoms with Gasteiger partial charge in [-0.15, -0.1) is 11.8 Å². The quantitative estimate of drug-likeness (QED) is 0.790. The first-order valence-electron chi connectivity index (χ1n) is 7.62. The van der Waals surface area contributed by atoms with Crippen LogP contribution < -0.4 is 4.90 Å². The van der Waals surface area contributed by atoms with Crippen molar-refractivity contribution in [1.82, 2.24) is 9.80 Å². The molecule has 0 N–H and O–H groups in total. The smallest absolute Gasteiger partial charge is 0.319 e. The van der Waals surface area contributed by atoms with Crippen LogP contribution >= 0.6 is 11.8 Å². The van der Waals surface area contributed by atoms with Crippen LogP contribution in [-0.4, -0.2) is 59.5 Å². The topological polar surface area (TPSA) is 43.9 Å². The summed E-state index contributed by atoms with van der Waals surface area (Å²) in [4.78, 5) is 29.3. The van der Waals surface area contributed by atoms with Crippen LogP contribution in [0.4, 0.5) is 14.9 Å². The van der Waals surface area contributed by atoms with Crippen LogP contribution in [0, 0.1) is 5.82 Å². The summed E-state index contributed by atoms with van der Waals surface area (Å²) in [5.74, 6) is 0.168. The molecular weight excluding hydrogens is 317 g/mol. The number of halogens is 1. The van der Waals surface area contributed by atoms with Gasteiger partial charge in [0.25, 0.3) is 0 Å². The number of likely N-dealkylation sites (tertiary alicyclic amines) is 1. The SMILES string of the molecule is CN(C)C(=O)N1CCC2(CC1)SCC(=O)N2c1ccc(F)cc1. The Labute approximate surface area is 139 Å². The zero-order valence-corrected chi connectivity index (χ0v) is 14.1. The Balaban J connectivity index is 1.80. The Morgan fingerprint density at radius 1 is 1.22 bits per heavy atom. The Kier molecular flexibility index (Phi) is 4.23. The highest BCUT2D eigenvalue weighted by molar-refractivity contribution is 8.02. The van der Waals surface area contributed by atoms with Crippen molar-refractivity contribution in [2.45, 2.75) is 17.7 Å². The van der Waals surface area contributed by atoms with Crippen LogP contribution in [-0.2, 0) is 4.79 Å². The van der Waals surface area contributed by atoms with E-state index < -0.39 is 0 Å². The van der Waals surface area contributed by atoms with Crippen molar-refractivity contribution >= 4 is 29.4 Å². The van der Waals surface area contributed by atoms with Gasteiger partial charge in [-0.05, 0) is 37.1 Å². The lowest BCUT2D eigenvalue weighted by Gasteiger charge is -2.44. The van der Waals surface area contributed by atoms with Crippen LogP contribution in [0.5, 0.6) is 0 Å². The number of amides is 3. The molecular formula is C16H20FN3O2S. The number of urea groups is 1. The maximum atomic E-state index is 13.2. The molecule has 0 atom stereocenters. The summed E-state index contributed by atoms with van der Waals surface area (Å²) in [6.07, 6.45) is 1.45. The number of rotatable bonds is 1. The van der Waals surface area contributed by atoms with E-state index in [2.05, 4.69) is 0 Å². The van der Waals surface area contributed by atoms with E-state index in [4.69, 9.17) is 0 Å². The second-order valence-corrected chi connectivity index (χ2v) is 7.44. The Bertz CT molecular complexity index is 612. The summed E-state index contributed by atoms with van der Waals surface area (Å²) in [7, 11) is 3.48. The molecule has 2 aliphatic rings. The molecule has 0 saturated carbocycles. The molecule has 0 aliphatic carbocycles. The number of thioether (sulfide) groups is 1. The van der Waals surface area contributed by atoms with Gasteiger partial charge in [-0.2, -0.15) is 0 Å². The summed E-state index contributed by atoms with van der Waals surface area (Å²) in [5, 5.41) is 0. The lowest BCUT2D eigenvalue weighted by atomic mass is 10.0. The lowest BCUT2D eigenvalue weighted by molar-refractivity contribution is -0.116. The average Bonchev–Trinajstić information content (AvgIpc) is 2.85. The maximum Gasteiger partial charge on any atom is 0.319 e. The molecule has 0 unspecified atom stereocenters. The van der Waals surface area contributed by atoms with Gasteiger partial charge in [0.15, 0.2) is 0 Å². The first-order valence-corrected chi connectivity index (χ1v) is 8.60. The number of nitrogens with zero attached hydrogens (tertiary/aromatic N) is 3. The molecule has 0 radical (unpaired) electrons. The van der Waals surface area contributed by atoms with Crippen LogP contribution in [0.1, 0.15) is 12.8 Å². The van der Waals surface area contributed by atoms with Crippen molar-refractivity contribution < 1.29 is 14.0 Å². The fourth-order valence-corrected chi connectivity index (χ4v) is 4.55. The third-order valence-corrected chi connectivity index (χ3v) is 5.92. The number of hydrogen-bond donors (Lipinski definition) is 0. The molecule has 0 bridgehead atoms. The number of hydrogen-bond acceptors (Lipinski definition) is 3.